The summed E-state index contributed by atoms with van der Waals surface area (Å²) >= 11 is 6.03. The largest absolute Gasteiger partial charge is 0.481 e. The lowest BCUT2D eigenvalue weighted by atomic mass is 10.0. The summed E-state index contributed by atoms with van der Waals surface area (Å²) in [6, 6.07) is 3.88. The number of benzene rings is 1. The minimum atomic E-state index is -0.791. The first-order valence-corrected chi connectivity index (χ1v) is 4.86. The maximum Gasteiger partial charge on any atom is 0.303 e. The molecule has 1 N–H and O–H groups in total. The van der Waals surface area contributed by atoms with Crippen LogP contribution in [-0.2, 0) is 11.2 Å². The Morgan fingerprint density at radius 2 is 2.07 bits per heavy atom. The third-order valence-corrected chi connectivity index (χ3v) is 2.49. The molecule has 3 heteroatoms. The molecular formula is C11H13ClO2. The number of halogens is 1. The summed E-state index contributed by atoms with van der Waals surface area (Å²) in [5, 5.41) is 9.24. The van der Waals surface area contributed by atoms with Crippen molar-refractivity contribution in [2.24, 2.45) is 0 Å². The molecule has 0 aliphatic rings. The quantitative estimate of drug-likeness (QED) is 0.837. The Morgan fingerprint density at radius 3 is 2.57 bits per heavy atom. The molecule has 0 radical (unpaired) electrons. The topological polar surface area (TPSA) is 37.3 Å². The van der Waals surface area contributed by atoms with Crippen molar-refractivity contribution in [3.05, 3.63) is 33.8 Å². The molecule has 0 saturated heterocycles. The molecule has 2 nitrogen and oxygen atoms in total. The smallest absolute Gasteiger partial charge is 0.303 e. The van der Waals surface area contributed by atoms with Crippen LogP contribution in [0, 0.1) is 13.8 Å². The molecule has 0 unspecified atom stereocenters. The summed E-state index contributed by atoms with van der Waals surface area (Å²) in [6.07, 6.45) is 0.629. The van der Waals surface area contributed by atoms with Crippen molar-refractivity contribution >= 4 is 17.6 Å². The Kier molecular flexibility index (Phi) is 3.53. The summed E-state index contributed by atoms with van der Waals surface area (Å²) in [7, 11) is 0. The Bertz CT molecular complexity index is 335. The highest BCUT2D eigenvalue weighted by atomic mass is 35.5. The van der Waals surface area contributed by atoms with Gasteiger partial charge in [-0.1, -0.05) is 17.7 Å². The highest BCUT2D eigenvalue weighted by Gasteiger charge is 2.07. The van der Waals surface area contributed by atoms with Gasteiger partial charge in [0.25, 0.3) is 0 Å². The molecule has 0 amide bonds. The van der Waals surface area contributed by atoms with Crippen molar-refractivity contribution in [3.8, 4) is 0 Å². The van der Waals surface area contributed by atoms with E-state index in [1.807, 2.05) is 26.0 Å². The predicted octanol–water partition coefficient (Wildman–Crippen LogP) is 2.97. The highest BCUT2D eigenvalue weighted by Crippen LogP contribution is 2.23. The number of hydrogen-bond donors (Lipinski definition) is 1. The molecule has 0 atom stereocenters. The van der Waals surface area contributed by atoms with E-state index in [9.17, 15) is 4.79 Å². The Hall–Kier alpha value is -1.02. The lowest BCUT2D eigenvalue weighted by molar-refractivity contribution is -0.136. The molecule has 0 heterocycles. The van der Waals surface area contributed by atoms with E-state index in [-0.39, 0.29) is 6.42 Å². The monoisotopic (exact) mass is 212 g/mol. The summed E-state index contributed by atoms with van der Waals surface area (Å²) < 4.78 is 0. The maximum atomic E-state index is 10.4. The minimum absolute atomic E-state index is 0.129. The van der Waals surface area contributed by atoms with Crippen molar-refractivity contribution in [2.45, 2.75) is 26.7 Å². The molecule has 0 aliphatic heterocycles. The molecule has 0 aliphatic carbocycles. The van der Waals surface area contributed by atoms with Crippen LogP contribution in [-0.4, -0.2) is 11.1 Å². The van der Waals surface area contributed by atoms with Gasteiger partial charge in [0, 0.05) is 11.4 Å². The van der Waals surface area contributed by atoms with Crippen LogP contribution in [0.2, 0.25) is 5.02 Å². The minimum Gasteiger partial charge on any atom is -0.481 e. The number of aliphatic carboxylic acids is 1. The molecule has 0 aromatic heterocycles. The van der Waals surface area contributed by atoms with Crippen molar-refractivity contribution in [1.29, 1.82) is 0 Å². The average Bonchev–Trinajstić information content (AvgIpc) is 2.01. The first-order valence-electron chi connectivity index (χ1n) is 4.48. The van der Waals surface area contributed by atoms with Gasteiger partial charge in [0.2, 0.25) is 0 Å². The maximum absolute atomic E-state index is 10.4. The zero-order valence-corrected chi connectivity index (χ0v) is 9.06. The van der Waals surface area contributed by atoms with Crippen molar-refractivity contribution < 1.29 is 9.90 Å². The molecule has 0 fully saturated rings. The van der Waals surface area contributed by atoms with E-state index in [1.165, 1.54) is 0 Å². The van der Waals surface area contributed by atoms with Gasteiger partial charge in [-0.3, -0.25) is 4.79 Å². The molecule has 1 aromatic rings. The SMILES string of the molecule is Cc1cc(C)c(CCC(=O)O)c(Cl)c1. The summed E-state index contributed by atoms with van der Waals surface area (Å²) in [5.41, 5.74) is 3.11. The molecule has 1 aromatic carbocycles. The number of hydrogen-bond acceptors (Lipinski definition) is 1. The lowest BCUT2D eigenvalue weighted by Gasteiger charge is -2.08. The van der Waals surface area contributed by atoms with Crippen molar-refractivity contribution in [3.63, 3.8) is 0 Å². The fourth-order valence-corrected chi connectivity index (χ4v) is 1.91. The third-order valence-electron chi connectivity index (χ3n) is 2.15. The lowest BCUT2D eigenvalue weighted by Crippen LogP contribution is -2.00. The van der Waals surface area contributed by atoms with E-state index in [4.69, 9.17) is 16.7 Å². The van der Waals surface area contributed by atoms with Gasteiger partial charge in [0.1, 0.15) is 0 Å². The normalized spacial score (nSPS) is 10.2. The van der Waals surface area contributed by atoms with Gasteiger partial charge in [-0.05, 0) is 43.0 Å². The van der Waals surface area contributed by atoms with Crippen LogP contribution in [0.4, 0.5) is 0 Å². The molecule has 1 rings (SSSR count). The zero-order valence-electron chi connectivity index (χ0n) is 8.30. The van der Waals surface area contributed by atoms with Gasteiger partial charge in [-0.2, -0.15) is 0 Å². The second-order valence-corrected chi connectivity index (χ2v) is 3.84. The van der Waals surface area contributed by atoms with Gasteiger partial charge < -0.3 is 5.11 Å². The van der Waals surface area contributed by atoms with Crippen LogP contribution in [0.15, 0.2) is 12.1 Å². The fraction of sp³-hybridized carbons (Fsp3) is 0.364. The van der Waals surface area contributed by atoms with Crippen LogP contribution in [0.1, 0.15) is 23.1 Å². The first-order chi connectivity index (χ1) is 6.50. The number of carboxylic acids is 1. The van der Waals surface area contributed by atoms with Gasteiger partial charge in [0.15, 0.2) is 0 Å². The highest BCUT2D eigenvalue weighted by molar-refractivity contribution is 6.31. The second kappa shape index (κ2) is 4.47. The summed E-state index contributed by atoms with van der Waals surface area (Å²) in [5.74, 6) is -0.791. The van der Waals surface area contributed by atoms with Gasteiger partial charge in [-0.25, -0.2) is 0 Å². The van der Waals surface area contributed by atoms with E-state index in [0.29, 0.717) is 11.4 Å². The Balaban J connectivity index is 2.91. The van der Waals surface area contributed by atoms with E-state index < -0.39 is 5.97 Å². The van der Waals surface area contributed by atoms with Crippen LogP contribution >= 0.6 is 11.6 Å². The van der Waals surface area contributed by atoms with E-state index in [0.717, 1.165) is 16.7 Å². The van der Waals surface area contributed by atoms with Crippen LogP contribution < -0.4 is 0 Å². The molecule has 0 bridgehead atoms. The van der Waals surface area contributed by atoms with Gasteiger partial charge in [0.05, 0.1) is 0 Å². The number of carbonyl (C=O) groups is 1. The predicted molar refractivity (Wildman–Crippen MR) is 56.9 cm³/mol. The second-order valence-electron chi connectivity index (χ2n) is 3.44. The van der Waals surface area contributed by atoms with Crippen LogP contribution in [0.25, 0.3) is 0 Å². The van der Waals surface area contributed by atoms with Crippen LogP contribution in [0.5, 0.6) is 0 Å². The molecular weight excluding hydrogens is 200 g/mol. The van der Waals surface area contributed by atoms with Gasteiger partial charge in [-0.15, -0.1) is 0 Å². The fourth-order valence-electron chi connectivity index (χ4n) is 1.49. The number of rotatable bonds is 3. The Morgan fingerprint density at radius 1 is 1.43 bits per heavy atom. The van der Waals surface area contributed by atoms with Crippen LogP contribution in [0.3, 0.4) is 0 Å². The van der Waals surface area contributed by atoms with Crippen molar-refractivity contribution in [2.75, 3.05) is 0 Å². The number of carboxylic acid groups (broad SMARTS) is 1. The third kappa shape index (κ3) is 2.74. The molecule has 0 spiro atoms. The van der Waals surface area contributed by atoms with Crippen molar-refractivity contribution in [1.82, 2.24) is 0 Å². The van der Waals surface area contributed by atoms with E-state index in [2.05, 4.69) is 0 Å². The average molecular weight is 213 g/mol. The zero-order chi connectivity index (χ0) is 10.7. The number of aryl methyl sites for hydroxylation is 2. The Labute approximate surface area is 88.5 Å². The standard InChI is InChI=1S/C11H13ClO2/c1-7-5-8(2)9(10(12)6-7)3-4-11(13)14/h5-6H,3-4H2,1-2H3,(H,13,14). The van der Waals surface area contributed by atoms with E-state index >= 15 is 0 Å². The molecule has 76 valence electrons. The molecule has 14 heavy (non-hydrogen) atoms. The van der Waals surface area contributed by atoms with E-state index in [1.54, 1.807) is 0 Å². The summed E-state index contributed by atoms with van der Waals surface area (Å²) in [6.45, 7) is 3.93. The molecule has 0 saturated carbocycles. The first kappa shape index (κ1) is 11.1. The van der Waals surface area contributed by atoms with Gasteiger partial charge >= 0.3 is 5.97 Å². The summed E-state index contributed by atoms with van der Waals surface area (Å²) in [4.78, 5) is 10.4.